The minimum atomic E-state index is 0.610. The first-order valence-electron chi connectivity index (χ1n) is 20.6. The van der Waals surface area contributed by atoms with Crippen LogP contribution in [0.5, 0.6) is 0 Å². The van der Waals surface area contributed by atoms with Gasteiger partial charge in [0.05, 0.1) is 0 Å². The lowest BCUT2D eigenvalue weighted by molar-refractivity contribution is 1.08. The molecule has 4 nitrogen and oxygen atoms in total. The summed E-state index contributed by atoms with van der Waals surface area (Å²) in [6, 6.07) is 81.3. The molecule has 4 heteroatoms. The molecule has 0 amide bonds. The number of hydrogen-bond donors (Lipinski definition) is 0. The van der Waals surface area contributed by atoms with Gasteiger partial charge in [-0.05, 0) is 85.6 Å². The van der Waals surface area contributed by atoms with Gasteiger partial charge in [-0.2, -0.15) is 0 Å². The zero-order valence-corrected chi connectivity index (χ0v) is 33.2. The van der Waals surface area contributed by atoms with Gasteiger partial charge in [-0.25, -0.2) is 15.0 Å². The van der Waals surface area contributed by atoms with Gasteiger partial charge >= 0.3 is 0 Å². The Hall–Kier alpha value is -8.21. The number of aromatic nitrogens is 3. The number of fused-ring (bicyclic) bond motifs is 6. The van der Waals surface area contributed by atoms with E-state index in [0.717, 1.165) is 61.0 Å². The second-order valence-corrected chi connectivity index (χ2v) is 15.2. The van der Waals surface area contributed by atoms with Crippen LogP contribution in [0.3, 0.4) is 0 Å². The second-order valence-electron chi connectivity index (χ2n) is 15.2. The molecule has 0 fully saturated rings. The fraction of sp³-hybridized carbons (Fsp3) is 0. The number of benzene rings is 10. The number of anilines is 3. The Morgan fingerprint density at radius 2 is 0.590 bits per heavy atom. The van der Waals surface area contributed by atoms with Crippen LogP contribution < -0.4 is 4.90 Å². The maximum absolute atomic E-state index is 5.33. The molecule has 0 saturated heterocycles. The molecule has 11 rings (SSSR count). The van der Waals surface area contributed by atoms with Crippen LogP contribution in [0.25, 0.3) is 88.7 Å². The van der Waals surface area contributed by atoms with Crippen molar-refractivity contribution in [3.8, 4) is 56.4 Å². The van der Waals surface area contributed by atoms with Crippen LogP contribution in [0.2, 0.25) is 0 Å². The summed E-state index contributed by atoms with van der Waals surface area (Å²) in [5.41, 5.74) is 10.5. The van der Waals surface area contributed by atoms with Crippen molar-refractivity contribution >= 4 is 49.4 Å². The van der Waals surface area contributed by atoms with Gasteiger partial charge in [0.25, 0.3) is 0 Å². The van der Waals surface area contributed by atoms with Gasteiger partial charge in [0.15, 0.2) is 17.5 Å². The van der Waals surface area contributed by atoms with E-state index >= 15 is 0 Å². The zero-order chi connectivity index (χ0) is 40.5. The third-order valence-electron chi connectivity index (χ3n) is 11.5. The van der Waals surface area contributed by atoms with Crippen LogP contribution in [0.4, 0.5) is 17.1 Å². The Balaban J connectivity index is 1.21. The third kappa shape index (κ3) is 6.76. The Kier molecular flexibility index (Phi) is 9.14. The van der Waals surface area contributed by atoms with Gasteiger partial charge in [0, 0.05) is 39.1 Å². The zero-order valence-electron chi connectivity index (χ0n) is 33.2. The van der Waals surface area contributed by atoms with Gasteiger partial charge < -0.3 is 4.90 Å². The molecule has 0 bridgehead atoms. The predicted molar refractivity (Wildman–Crippen MR) is 254 cm³/mol. The van der Waals surface area contributed by atoms with E-state index in [2.05, 4.69) is 199 Å². The van der Waals surface area contributed by atoms with E-state index in [0.29, 0.717) is 17.5 Å². The first-order valence-corrected chi connectivity index (χ1v) is 20.6. The summed E-state index contributed by atoms with van der Waals surface area (Å²) < 4.78 is 0. The Labute approximate surface area is 354 Å². The number of rotatable bonds is 8. The second kappa shape index (κ2) is 15.5. The van der Waals surface area contributed by atoms with Crippen LogP contribution in [0.15, 0.2) is 231 Å². The van der Waals surface area contributed by atoms with Crippen molar-refractivity contribution in [1.82, 2.24) is 15.0 Å². The maximum Gasteiger partial charge on any atom is 0.164 e. The highest BCUT2D eigenvalue weighted by Crippen LogP contribution is 2.45. The quantitative estimate of drug-likeness (QED) is 0.144. The summed E-state index contributed by atoms with van der Waals surface area (Å²) >= 11 is 0. The number of nitrogens with zero attached hydrogens (tertiary/aromatic N) is 4. The summed E-state index contributed by atoms with van der Waals surface area (Å²) in [4.78, 5) is 18.1. The van der Waals surface area contributed by atoms with Crippen molar-refractivity contribution in [2.45, 2.75) is 0 Å². The van der Waals surface area contributed by atoms with Crippen molar-refractivity contribution in [2.24, 2.45) is 0 Å². The molecular weight excluding hydrogens is 741 g/mol. The lowest BCUT2D eigenvalue weighted by atomic mass is 9.90. The van der Waals surface area contributed by atoms with Crippen LogP contribution >= 0.6 is 0 Å². The van der Waals surface area contributed by atoms with Crippen LogP contribution in [0.1, 0.15) is 0 Å². The molecule has 11 aromatic rings. The van der Waals surface area contributed by atoms with Crippen molar-refractivity contribution in [1.29, 1.82) is 0 Å². The van der Waals surface area contributed by atoms with Crippen molar-refractivity contribution < 1.29 is 0 Å². The molecule has 0 aliphatic carbocycles. The Morgan fingerprint density at radius 1 is 0.246 bits per heavy atom. The lowest BCUT2D eigenvalue weighted by Crippen LogP contribution is -2.11. The largest absolute Gasteiger partial charge is 0.310 e. The van der Waals surface area contributed by atoms with Crippen molar-refractivity contribution in [3.05, 3.63) is 231 Å². The van der Waals surface area contributed by atoms with E-state index in [1.165, 1.54) is 27.3 Å². The number of hydrogen-bond acceptors (Lipinski definition) is 4. The Bertz CT molecular complexity index is 3170. The summed E-state index contributed by atoms with van der Waals surface area (Å²) in [6.45, 7) is 0. The summed E-state index contributed by atoms with van der Waals surface area (Å²) in [6.07, 6.45) is 0. The van der Waals surface area contributed by atoms with E-state index in [9.17, 15) is 0 Å². The third-order valence-corrected chi connectivity index (χ3v) is 11.5. The molecule has 286 valence electrons. The normalized spacial score (nSPS) is 11.3. The molecule has 0 radical (unpaired) electrons. The average molecular weight is 779 g/mol. The highest BCUT2D eigenvalue weighted by Gasteiger charge is 2.22. The SMILES string of the molecule is c1ccc(-c2ccc(N(c3ccc(-c4ccccc4)cc3)c3cc(-c4nc(-c5ccccc5)nc(-c5ccccc5)n4)c4c5ccccc5c5ccccc5c4c3)cc2)cc1. The highest BCUT2D eigenvalue weighted by molar-refractivity contribution is 6.29. The van der Waals surface area contributed by atoms with E-state index in [4.69, 9.17) is 15.0 Å². The topological polar surface area (TPSA) is 41.9 Å². The van der Waals surface area contributed by atoms with Gasteiger partial charge in [0.1, 0.15) is 0 Å². The summed E-state index contributed by atoms with van der Waals surface area (Å²) in [5.74, 6) is 1.86. The van der Waals surface area contributed by atoms with E-state index in [1.54, 1.807) is 0 Å². The minimum Gasteiger partial charge on any atom is -0.310 e. The molecule has 1 heterocycles. The minimum absolute atomic E-state index is 0.610. The van der Waals surface area contributed by atoms with Crippen LogP contribution in [-0.2, 0) is 0 Å². The smallest absolute Gasteiger partial charge is 0.164 e. The maximum atomic E-state index is 5.33. The molecule has 0 saturated carbocycles. The van der Waals surface area contributed by atoms with Gasteiger partial charge in [0.2, 0.25) is 0 Å². The van der Waals surface area contributed by atoms with E-state index in [-0.39, 0.29) is 0 Å². The standard InChI is InChI=1S/C57H38N4/c1-5-17-39(18-6-1)41-29-33-45(34-30-41)61(46-35-31-42(32-36-46)40-19-7-2-8-20-40)47-37-52-50-27-14-13-25-48(50)49-26-15-16-28-51(49)54(52)53(38-47)57-59-55(43-21-9-3-10-22-43)58-56(60-57)44-23-11-4-12-24-44/h1-38H. The molecule has 1 aromatic heterocycles. The molecule has 0 spiro atoms. The lowest BCUT2D eigenvalue weighted by Gasteiger charge is -2.27. The fourth-order valence-electron chi connectivity index (χ4n) is 8.57. The van der Waals surface area contributed by atoms with Crippen LogP contribution in [0, 0.1) is 0 Å². The van der Waals surface area contributed by atoms with Crippen LogP contribution in [-0.4, -0.2) is 15.0 Å². The summed E-state index contributed by atoms with van der Waals surface area (Å²) in [5, 5.41) is 6.92. The molecule has 0 aliphatic rings. The molecular formula is C57H38N4. The summed E-state index contributed by atoms with van der Waals surface area (Å²) in [7, 11) is 0. The molecule has 0 atom stereocenters. The van der Waals surface area contributed by atoms with E-state index in [1.807, 2.05) is 36.4 Å². The van der Waals surface area contributed by atoms with E-state index < -0.39 is 0 Å². The molecule has 61 heavy (non-hydrogen) atoms. The van der Waals surface area contributed by atoms with Gasteiger partial charge in [-0.1, -0.05) is 194 Å². The first-order chi connectivity index (χ1) is 30.2. The predicted octanol–water partition coefficient (Wildman–Crippen LogP) is 15.1. The van der Waals surface area contributed by atoms with Crippen molar-refractivity contribution in [3.63, 3.8) is 0 Å². The highest BCUT2D eigenvalue weighted by atomic mass is 15.1. The first kappa shape index (κ1) is 35.9. The van der Waals surface area contributed by atoms with Gasteiger partial charge in [-0.3, -0.25) is 0 Å². The van der Waals surface area contributed by atoms with Gasteiger partial charge in [-0.15, -0.1) is 0 Å². The average Bonchev–Trinajstić information content (AvgIpc) is 3.35. The molecule has 0 unspecified atom stereocenters. The Morgan fingerprint density at radius 3 is 1.05 bits per heavy atom. The molecule has 0 N–H and O–H groups in total. The molecule has 10 aromatic carbocycles. The molecule has 0 aliphatic heterocycles. The fourth-order valence-corrected chi connectivity index (χ4v) is 8.57. The van der Waals surface area contributed by atoms with Crippen molar-refractivity contribution in [2.75, 3.05) is 4.90 Å². The monoisotopic (exact) mass is 778 g/mol.